The van der Waals surface area contributed by atoms with Gasteiger partial charge in [-0.25, -0.2) is 4.68 Å². The molecule has 0 aliphatic carbocycles. The molecule has 2 nitrogen and oxygen atoms in total. The fourth-order valence-electron chi connectivity index (χ4n) is 2.35. The van der Waals surface area contributed by atoms with E-state index in [2.05, 4.69) is 44.1 Å². The van der Waals surface area contributed by atoms with Crippen molar-refractivity contribution in [3.05, 3.63) is 47.8 Å². The summed E-state index contributed by atoms with van der Waals surface area (Å²) in [7, 11) is 0. The minimum absolute atomic E-state index is 0.832. The van der Waals surface area contributed by atoms with E-state index in [1.54, 1.807) is 0 Å². The number of hydrogen-bond acceptors (Lipinski definition) is 1. The molecule has 0 spiro atoms. The largest absolute Gasteiger partial charge is 0.241 e. The fourth-order valence-corrected chi connectivity index (χ4v) is 2.35. The average Bonchev–Trinajstić information content (AvgIpc) is 2.94. The Morgan fingerprint density at radius 3 is 2.84 bits per heavy atom. The molecule has 1 aromatic heterocycles. The van der Waals surface area contributed by atoms with Crippen LogP contribution in [-0.4, -0.2) is 9.78 Å². The molecular weight excluding hydrogens is 232 g/mol. The summed E-state index contributed by atoms with van der Waals surface area (Å²) in [5, 5.41) is 4.36. The molecule has 0 aliphatic heterocycles. The summed E-state index contributed by atoms with van der Waals surface area (Å²) >= 11 is 0. The van der Waals surface area contributed by atoms with Crippen LogP contribution in [0.1, 0.15) is 44.2 Å². The SMILES string of the molecule is CCC(C)CCCc1ccc(C)cc1-n1cccn1. The number of aryl methyl sites for hydroxylation is 2. The standard InChI is InChI=1S/C17H24N2/c1-4-14(2)7-5-8-16-10-9-15(3)13-17(16)19-12-6-11-18-19/h6,9-14H,4-5,7-8H2,1-3H3. The quantitative estimate of drug-likeness (QED) is 0.741. The van der Waals surface area contributed by atoms with Crippen LogP contribution in [0.25, 0.3) is 5.69 Å². The van der Waals surface area contributed by atoms with Crippen molar-refractivity contribution in [3.8, 4) is 5.69 Å². The minimum atomic E-state index is 0.832. The van der Waals surface area contributed by atoms with Crippen molar-refractivity contribution in [2.45, 2.75) is 46.5 Å². The first-order valence-corrected chi connectivity index (χ1v) is 7.30. The molecule has 1 unspecified atom stereocenters. The van der Waals surface area contributed by atoms with Crippen LogP contribution in [0, 0.1) is 12.8 Å². The molecule has 0 N–H and O–H groups in total. The summed E-state index contributed by atoms with van der Waals surface area (Å²) in [6, 6.07) is 8.66. The number of benzene rings is 1. The average molecular weight is 256 g/mol. The zero-order valence-corrected chi connectivity index (χ0v) is 12.3. The zero-order chi connectivity index (χ0) is 13.7. The van der Waals surface area contributed by atoms with Gasteiger partial charge in [-0.3, -0.25) is 0 Å². The molecule has 0 fully saturated rings. The predicted octanol–water partition coefficient (Wildman–Crippen LogP) is 4.55. The van der Waals surface area contributed by atoms with Crippen molar-refractivity contribution >= 4 is 0 Å². The van der Waals surface area contributed by atoms with Crippen LogP contribution in [0.4, 0.5) is 0 Å². The molecule has 1 atom stereocenters. The highest BCUT2D eigenvalue weighted by molar-refractivity contribution is 5.43. The van der Waals surface area contributed by atoms with Crippen LogP contribution < -0.4 is 0 Å². The lowest BCUT2D eigenvalue weighted by atomic mass is 9.98. The molecule has 2 rings (SSSR count). The third-order valence-electron chi connectivity index (χ3n) is 3.83. The van der Waals surface area contributed by atoms with Gasteiger partial charge in [0.15, 0.2) is 0 Å². The Morgan fingerprint density at radius 2 is 2.16 bits per heavy atom. The van der Waals surface area contributed by atoms with Gasteiger partial charge >= 0.3 is 0 Å². The first kappa shape index (κ1) is 13.9. The van der Waals surface area contributed by atoms with Crippen molar-refractivity contribution in [1.29, 1.82) is 0 Å². The van der Waals surface area contributed by atoms with Gasteiger partial charge in [0, 0.05) is 12.4 Å². The molecule has 1 heterocycles. The second kappa shape index (κ2) is 6.55. The highest BCUT2D eigenvalue weighted by atomic mass is 15.3. The zero-order valence-electron chi connectivity index (χ0n) is 12.3. The number of hydrogen-bond donors (Lipinski definition) is 0. The first-order valence-electron chi connectivity index (χ1n) is 7.30. The Morgan fingerprint density at radius 1 is 1.32 bits per heavy atom. The Balaban J connectivity index is 2.12. The molecule has 0 aliphatic rings. The van der Waals surface area contributed by atoms with Crippen molar-refractivity contribution in [1.82, 2.24) is 9.78 Å². The van der Waals surface area contributed by atoms with Crippen LogP contribution in [0.15, 0.2) is 36.7 Å². The van der Waals surface area contributed by atoms with Gasteiger partial charge in [0.25, 0.3) is 0 Å². The molecule has 0 amide bonds. The van der Waals surface area contributed by atoms with E-state index < -0.39 is 0 Å². The Hall–Kier alpha value is -1.57. The molecule has 0 radical (unpaired) electrons. The topological polar surface area (TPSA) is 17.8 Å². The van der Waals surface area contributed by atoms with Gasteiger partial charge < -0.3 is 0 Å². The van der Waals surface area contributed by atoms with Crippen LogP contribution in [0.2, 0.25) is 0 Å². The monoisotopic (exact) mass is 256 g/mol. The lowest BCUT2D eigenvalue weighted by Crippen LogP contribution is -2.02. The van der Waals surface area contributed by atoms with Crippen LogP contribution in [0.5, 0.6) is 0 Å². The number of aromatic nitrogens is 2. The molecule has 2 heteroatoms. The van der Waals surface area contributed by atoms with Crippen molar-refractivity contribution < 1.29 is 0 Å². The van der Waals surface area contributed by atoms with E-state index in [4.69, 9.17) is 0 Å². The summed E-state index contributed by atoms with van der Waals surface area (Å²) in [6.07, 6.45) is 8.84. The van der Waals surface area contributed by atoms with E-state index in [1.165, 1.54) is 36.1 Å². The second-order valence-electron chi connectivity index (χ2n) is 5.49. The van der Waals surface area contributed by atoms with Gasteiger partial charge in [-0.15, -0.1) is 0 Å². The highest BCUT2D eigenvalue weighted by Gasteiger charge is 2.06. The van der Waals surface area contributed by atoms with E-state index in [9.17, 15) is 0 Å². The van der Waals surface area contributed by atoms with Gasteiger partial charge in [0.05, 0.1) is 5.69 Å². The van der Waals surface area contributed by atoms with Gasteiger partial charge in [0.2, 0.25) is 0 Å². The molecule has 0 bridgehead atoms. The van der Waals surface area contributed by atoms with E-state index in [1.807, 2.05) is 23.1 Å². The van der Waals surface area contributed by atoms with Gasteiger partial charge in [0.1, 0.15) is 0 Å². The molecular formula is C17H24N2. The van der Waals surface area contributed by atoms with Crippen LogP contribution in [-0.2, 0) is 6.42 Å². The summed E-state index contributed by atoms with van der Waals surface area (Å²) in [4.78, 5) is 0. The van der Waals surface area contributed by atoms with Gasteiger partial charge in [-0.05, 0) is 48.9 Å². The molecule has 1 aromatic carbocycles. The van der Waals surface area contributed by atoms with E-state index in [0.717, 1.165) is 12.3 Å². The first-order chi connectivity index (χ1) is 9.20. The third kappa shape index (κ3) is 3.69. The third-order valence-corrected chi connectivity index (χ3v) is 3.83. The molecule has 19 heavy (non-hydrogen) atoms. The second-order valence-corrected chi connectivity index (χ2v) is 5.49. The molecule has 2 aromatic rings. The maximum Gasteiger partial charge on any atom is 0.0680 e. The molecule has 0 saturated carbocycles. The van der Waals surface area contributed by atoms with Crippen molar-refractivity contribution in [3.63, 3.8) is 0 Å². The maximum atomic E-state index is 4.36. The number of nitrogens with zero attached hydrogens (tertiary/aromatic N) is 2. The van der Waals surface area contributed by atoms with Crippen molar-refractivity contribution in [2.75, 3.05) is 0 Å². The predicted molar refractivity (Wildman–Crippen MR) is 80.7 cm³/mol. The van der Waals surface area contributed by atoms with Crippen LogP contribution >= 0.6 is 0 Å². The highest BCUT2D eigenvalue weighted by Crippen LogP contribution is 2.20. The molecule has 102 valence electrons. The Labute approximate surface area is 116 Å². The van der Waals surface area contributed by atoms with Gasteiger partial charge in [-0.1, -0.05) is 38.8 Å². The maximum absolute atomic E-state index is 4.36. The summed E-state index contributed by atoms with van der Waals surface area (Å²) in [6.45, 7) is 6.74. The normalized spacial score (nSPS) is 12.6. The minimum Gasteiger partial charge on any atom is -0.241 e. The Kier molecular flexibility index (Phi) is 4.78. The Bertz CT molecular complexity index is 500. The lowest BCUT2D eigenvalue weighted by molar-refractivity contribution is 0.495. The summed E-state index contributed by atoms with van der Waals surface area (Å²) in [5.74, 6) is 0.832. The number of rotatable bonds is 6. The smallest absolute Gasteiger partial charge is 0.0680 e. The van der Waals surface area contributed by atoms with Crippen molar-refractivity contribution in [2.24, 2.45) is 5.92 Å². The summed E-state index contributed by atoms with van der Waals surface area (Å²) in [5.41, 5.74) is 3.92. The molecule has 0 saturated heterocycles. The fraction of sp³-hybridized carbons (Fsp3) is 0.471. The van der Waals surface area contributed by atoms with E-state index in [0.29, 0.717) is 0 Å². The van der Waals surface area contributed by atoms with E-state index in [-0.39, 0.29) is 0 Å². The van der Waals surface area contributed by atoms with Crippen LogP contribution in [0.3, 0.4) is 0 Å². The summed E-state index contributed by atoms with van der Waals surface area (Å²) < 4.78 is 1.98. The van der Waals surface area contributed by atoms with E-state index >= 15 is 0 Å². The van der Waals surface area contributed by atoms with Gasteiger partial charge in [-0.2, -0.15) is 5.10 Å². The lowest BCUT2D eigenvalue weighted by Gasteiger charge is -2.12.